The highest BCUT2D eigenvalue weighted by Crippen LogP contribution is 2.40. The van der Waals surface area contributed by atoms with E-state index in [0.29, 0.717) is 24.7 Å². The maximum Gasteiger partial charge on any atom is 0.306 e. The molecular weight excluding hydrogens is 477 g/mol. The van der Waals surface area contributed by atoms with Crippen LogP contribution in [-0.4, -0.2) is 13.2 Å². The molecule has 0 aromatic heterocycles. The summed E-state index contributed by atoms with van der Waals surface area (Å²) < 4.78 is 104. The molecule has 0 spiro atoms. The van der Waals surface area contributed by atoms with E-state index in [4.69, 9.17) is 9.47 Å². The number of halogens is 7. The van der Waals surface area contributed by atoms with Gasteiger partial charge in [0.05, 0.1) is 13.2 Å². The molecule has 0 N–H and O–H groups in total. The molecule has 0 unspecified atom stereocenters. The van der Waals surface area contributed by atoms with Gasteiger partial charge in [-0.2, -0.15) is 8.78 Å². The Hall–Kier alpha value is -2.39. The van der Waals surface area contributed by atoms with Gasteiger partial charge in [0.1, 0.15) is 5.82 Å². The molecule has 0 atom stereocenters. The minimum absolute atomic E-state index is 0.0406. The Kier molecular flexibility index (Phi) is 8.16. The van der Waals surface area contributed by atoms with Crippen molar-refractivity contribution in [3.63, 3.8) is 0 Å². The molecule has 1 saturated carbocycles. The summed E-state index contributed by atoms with van der Waals surface area (Å²) in [4.78, 5) is 0. The van der Waals surface area contributed by atoms with Gasteiger partial charge in [0.2, 0.25) is 0 Å². The Labute approximate surface area is 198 Å². The third kappa shape index (κ3) is 6.06. The molecule has 2 aliphatic rings. The van der Waals surface area contributed by atoms with Gasteiger partial charge in [0.25, 0.3) is 0 Å². The molecule has 1 heterocycles. The predicted octanol–water partition coefficient (Wildman–Crippen LogP) is 8.19. The van der Waals surface area contributed by atoms with E-state index in [-0.39, 0.29) is 17.4 Å². The van der Waals surface area contributed by atoms with Crippen LogP contribution in [0.4, 0.5) is 30.7 Å². The zero-order chi connectivity index (χ0) is 25.1. The van der Waals surface area contributed by atoms with Crippen molar-refractivity contribution in [3.8, 4) is 0 Å². The van der Waals surface area contributed by atoms with Crippen molar-refractivity contribution in [1.82, 2.24) is 0 Å². The van der Waals surface area contributed by atoms with E-state index in [1.807, 2.05) is 0 Å². The molecule has 190 valence electrons. The molecule has 2 aromatic rings. The Bertz CT molecular complexity index is 1040. The summed E-state index contributed by atoms with van der Waals surface area (Å²) in [6.45, 7) is 0.700. The molecule has 0 amide bonds. The molecule has 2 aromatic carbocycles. The second-order valence-electron chi connectivity index (χ2n) is 9.27. The minimum atomic E-state index is -2.47. The largest absolute Gasteiger partial charge is 0.348 e. The van der Waals surface area contributed by atoms with Gasteiger partial charge in [-0.05, 0) is 67.7 Å². The molecule has 1 saturated heterocycles. The lowest BCUT2D eigenvalue weighted by atomic mass is 9.76. The highest BCUT2D eigenvalue weighted by atomic mass is 19.3. The SMILES string of the molecule is FC(F)=C(F)c1ccc(C2CCC(CCC3COC(c4cc(F)c(F)c(F)c4)OC3)CC2)c(F)c1. The van der Waals surface area contributed by atoms with Gasteiger partial charge in [-0.15, -0.1) is 0 Å². The molecule has 9 heteroatoms. The number of ether oxygens (including phenoxy) is 2. The van der Waals surface area contributed by atoms with Gasteiger partial charge in [-0.3, -0.25) is 0 Å². The van der Waals surface area contributed by atoms with E-state index in [9.17, 15) is 30.7 Å². The van der Waals surface area contributed by atoms with Crippen molar-refractivity contribution >= 4 is 5.83 Å². The molecule has 2 nitrogen and oxygen atoms in total. The highest BCUT2D eigenvalue weighted by Gasteiger charge is 2.28. The standard InChI is InChI=1S/C26H25F7O2/c27-20-9-17(23(30)25(32)33)7-8-19(20)16-5-3-14(4-6-16)1-2-15-12-34-26(35-13-15)18-10-21(28)24(31)22(29)11-18/h7-11,14-16,26H,1-6,12-13H2. The molecule has 1 aliphatic carbocycles. The molecule has 0 bridgehead atoms. The minimum Gasteiger partial charge on any atom is -0.348 e. The third-order valence-electron chi connectivity index (χ3n) is 6.93. The van der Waals surface area contributed by atoms with Crippen molar-refractivity contribution in [2.45, 2.75) is 50.7 Å². The molecular formula is C26H25F7O2. The number of hydrogen-bond donors (Lipinski definition) is 0. The van der Waals surface area contributed by atoms with Crippen molar-refractivity contribution in [2.24, 2.45) is 11.8 Å². The Morgan fingerprint density at radius 3 is 1.91 bits per heavy atom. The highest BCUT2D eigenvalue weighted by molar-refractivity contribution is 5.60. The summed E-state index contributed by atoms with van der Waals surface area (Å²) in [6.07, 6.45) is 1.59. The van der Waals surface area contributed by atoms with E-state index >= 15 is 0 Å². The van der Waals surface area contributed by atoms with E-state index in [1.165, 1.54) is 12.1 Å². The topological polar surface area (TPSA) is 18.5 Å². The van der Waals surface area contributed by atoms with E-state index < -0.39 is 47.0 Å². The smallest absolute Gasteiger partial charge is 0.306 e. The Morgan fingerprint density at radius 1 is 0.743 bits per heavy atom. The van der Waals surface area contributed by atoms with Crippen molar-refractivity contribution in [2.75, 3.05) is 13.2 Å². The fraction of sp³-hybridized carbons (Fsp3) is 0.462. The van der Waals surface area contributed by atoms with Crippen LogP contribution in [0.1, 0.15) is 67.4 Å². The van der Waals surface area contributed by atoms with Crippen molar-refractivity contribution in [3.05, 3.63) is 76.4 Å². The Balaban J connectivity index is 1.22. The van der Waals surface area contributed by atoms with Gasteiger partial charge in [-0.25, -0.2) is 22.0 Å². The molecule has 1 aliphatic heterocycles. The number of benzene rings is 2. The van der Waals surface area contributed by atoms with Crippen molar-refractivity contribution < 1.29 is 40.2 Å². The van der Waals surface area contributed by atoms with Crippen LogP contribution in [0.2, 0.25) is 0 Å². The zero-order valence-corrected chi connectivity index (χ0v) is 18.8. The van der Waals surface area contributed by atoms with Gasteiger partial charge in [0.15, 0.2) is 29.6 Å². The summed E-state index contributed by atoms with van der Waals surface area (Å²) in [6, 6.07) is 5.13. The molecule has 4 rings (SSSR count). The maximum absolute atomic E-state index is 14.4. The summed E-state index contributed by atoms with van der Waals surface area (Å²) in [5.74, 6) is -5.99. The quantitative estimate of drug-likeness (QED) is 0.293. The first kappa shape index (κ1) is 25.7. The Morgan fingerprint density at radius 2 is 1.34 bits per heavy atom. The summed E-state index contributed by atoms with van der Waals surface area (Å²) in [5.41, 5.74) is 0.0499. The van der Waals surface area contributed by atoms with Crippen molar-refractivity contribution in [1.29, 1.82) is 0 Å². The zero-order valence-electron chi connectivity index (χ0n) is 18.8. The second-order valence-corrected chi connectivity index (χ2v) is 9.27. The first-order valence-electron chi connectivity index (χ1n) is 11.6. The lowest BCUT2D eigenvalue weighted by Gasteiger charge is -2.32. The van der Waals surface area contributed by atoms with Gasteiger partial charge < -0.3 is 9.47 Å². The molecule has 2 fully saturated rings. The lowest BCUT2D eigenvalue weighted by Crippen LogP contribution is -2.28. The maximum atomic E-state index is 14.4. The van der Waals surface area contributed by atoms with Crippen LogP contribution in [0.5, 0.6) is 0 Å². The van der Waals surface area contributed by atoms with Crippen LogP contribution in [0.25, 0.3) is 5.83 Å². The van der Waals surface area contributed by atoms with E-state index in [2.05, 4.69) is 0 Å². The van der Waals surface area contributed by atoms with E-state index in [0.717, 1.165) is 56.7 Å². The summed E-state index contributed by atoms with van der Waals surface area (Å²) >= 11 is 0. The fourth-order valence-electron chi connectivity index (χ4n) is 4.95. The first-order valence-corrected chi connectivity index (χ1v) is 11.6. The lowest BCUT2D eigenvalue weighted by molar-refractivity contribution is -0.206. The normalized spacial score (nSPS) is 24.9. The first-order chi connectivity index (χ1) is 16.7. The molecule has 0 radical (unpaired) electrons. The van der Waals surface area contributed by atoms with Gasteiger partial charge >= 0.3 is 6.08 Å². The molecule has 35 heavy (non-hydrogen) atoms. The third-order valence-corrected chi connectivity index (χ3v) is 6.93. The van der Waals surface area contributed by atoms with Gasteiger partial charge in [-0.1, -0.05) is 18.6 Å². The van der Waals surface area contributed by atoms with Crippen LogP contribution in [0, 0.1) is 35.1 Å². The summed E-state index contributed by atoms with van der Waals surface area (Å²) in [5, 5.41) is 0. The van der Waals surface area contributed by atoms with Crippen LogP contribution in [-0.2, 0) is 9.47 Å². The van der Waals surface area contributed by atoms with E-state index in [1.54, 1.807) is 0 Å². The average Bonchev–Trinajstić information content (AvgIpc) is 2.86. The number of hydrogen-bond acceptors (Lipinski definition) is 2. The van der Waals surface area contributed by atoms with Gasteiger partial charge in [0, 0.05) is 17.0 Å². The predicted molar refractivity (Wildman–Crippen MR) is 115 cm³/mol. The van der Waals surface area contributed by atoms with Crippen LogP contribution in [0.3, 0.4) is 0 Å². The number of rotatable bonds is 6. The van der Waals surface area contributed by atoms with Crippen LogP contribution < -0.4 is 0 Å². The monoisotopic (exact) mass is 502 g/mol. The summed E-state index contributed by atoms with van der Waals surface area (Å²) in [7, 11) is 0. The second kappa shape index (κ2) is 11.1. The average molecular weight is 502 g/mol. The fourth-order valence-corrected chi connectivity index (χ4v) is 4.95. The van der Waals surface area contributed by atoms with Crippen LogP contribution >= 0.6 is 0 Å². The van der Waals surface area contributed by atoms with Crippen LogP contribution in [0.15, 0.2) is 36.4 Å².